The predicted molar refractivity (Wildman–Crippen MR) is 90.3 cm³/mol. The van der Waals surface area contributed by atoms with Gasteiger partial charge in [0, 0.05) is 0 Å². The SMILES string of the molecule is CC1C2=C(CC=C2)C2CCC(C34CC5CC(CC(C5)C3)C4)C12. The third kappa shape index (κ3) is 1.46. The van der Waals surface area contributed by atoms with Crippen molar-refractivity contribution in [2.45, 2.75) is 64.7 Å². The summed E-state index contributed by atoms with van der Waals surface area (Å²) in [6.45, 7) is 2.58. The molecular weight excluding hydrogens is 264 g/mol. The van der Waals surface area contributed by atoms with Crippen LogP contribution in [0.4, 0.5) is 0 Å². The van der Waals surface area contributed by atoms with Crippen molar-refractivity contribution in [2.75, 3.05) is 0 Å². The molecule has 0 heteroatoms. The highest BCUT2D eigenvalue weighted by molar-refractivity contribution is 5.43. The van der Waals surface area contributed by atoms with Crippen LogP contribution in [0, 0.1) is 46.8 Å². The molecule has 4 unspecified atom stereocenters. The van der Waals surface area contributed by atoms with Gasteiger partial charge in [-0.25, -0.2) is 0 Å². The van der Waals surface area contributed by atoms with E-state index in [0.29, 0.717) is 0 Å². The molecule has 7 rings (SSSR count). The maximum atomic E-state index is 2.58. The lowest BCUT2D eigenvalue weighted by Gasteiger charge is -2.60. The number of hydrogen-bond donors (Lipinski definition) is 0. The number of fused-ring (bicyclic) bond motifs is 2. The van der Waals surface area contributed by atoms with Crippen LogP contribution in [0.5, 0.6) is 0 Å². The molecule has 0 radical (unpaired) electrons. The van der Waals surface area contributed by atoms with Crippen molar-refractivity contribution >= 4 is 0 Å². The molecular formula is C22H30. The van der Waals surface area contributed by atoms with E-state index in [-0.39, 0.29) is 0 Å². The highest BCUT2D eigenvalue weighted by atomic mass is 14.6. The average molecular weight is 294 g/mol. The van der Waals surface area contributed by atoms with E-state index in [2.05, 4.69) is 19.1 Å². The lowest BCUT2D eigenvalue weighted by molar-refractivity contribution is -0.1000. The molecule has 22 heavy (non-hydrogen) atoms. The first-order valence-corrected chi connectivity index (χ1v) is 10.1. The van der Waals surface area contributed by atoms with E-state index in [1.165, 1.54) is 12.8 Å². The van der Waals surface area contributed by atoms with Gasteiger partial charge in [0.2, 0.25) is 0 Å². The summed E-state index contributed by atoms with van der Waals surface area (Å²) >= 11 is 0. The smallest absolute Gasteiger partial charge is 0.0127 e. The third-order valence-electron chi connectivity index (χ3n) is 9.11. The first-order valence-electron chi connectivity index (χ1n) is 10.1. The summed E-state index contributed by atoms with van der Waals surface area (Å²) in [5, 5.41) is 0. The molecule has 7 aliphatic carbocycles. The molecule has 0 aliphatic heterocycles. The van der Waals surface area contributed by atoms with E-state index in [0.717, 1.165) is 46.8 Å². The van der Waals surface area contributed by atoms with Gasteiger partial charge in [0.1, 0.15) is 0 Å². The maximum Gasteiger partial charge on any atom is -0.0127 e. The Morgan fingerprint density at radius 1 is 0.955 bits per heavy atom. The summed E-state index contributed by atoms with van der Waals surface area (Å²) in [7, 11) is 0. The largest absolute Gasteiger partial charge is 0.0802 e. The van der Waals surface area contributed by atoms with Crippen LogP contribution in [0.15, 0.2) is 23.3 Å². The fourth-order valence-corrected chi connectivity index (χ4v) is 9.03. The molecule has 4 bridgehead atoms. The standard InChI is InChI=1S/C22H30/c1-13-17-3-2-4-18(17)19-5-6-20(21(13)19)22-10-14-7-15(11-22)9-16(8-14)12-22/h2-3,13-16,19-21H,4-12H2,1H3. The lowest BCUT2D eigenvalue weighted by Crippen LogP contribution is -2.51. The minimum atomic E-state index is 0.798. The third-order valence-corrected chi connectivity index (χ3v) is 9.11. The van der Waals surface area contributed by atoms with Gasteiger partial charge < -0.3 is 0 Å². The van der Waals surface area contributed by atoms with Gasteiger partial charge >= 0.3 is 0 Å². The Hall–Kier alpha value is -0.520. The van der Waals surface area contributed by atoms with Gasteiger partial charge in [0.15, 0.2) is 0 Å². The average Bonchev–Trinajstić information content (AvgIpc) is 3.15. The zero-order valence-corrected chi connectivity index (χ0v) is 14.1. The summed E-state index contributed by atoms with van der Waals surface area (Å²) in [5.74, 6) is 7.36. The fraction of sp³-hybridized carbons (Fsp3) is 0.818. The van der Waals surface area contributed by atoms with Crippen molar-refractivity contribution in [1.82, 2.24) is 0 Å². The van der Waals surface area contributed by atoms with Crippen molar-refractivity contribution in [3.8, 4) is 0 Å². The Morgan fingerprint density at radius 3 is 2.32 bits per heavy atom. The van der Waals surface area contributed by atoms with Crippen LogP contribution in [0.25, 0.3) is 0 Å². The second kappa shape index (κ2) is 4.11. The van der Waals surface area contributed by atoms with E-state index in [1.807, 2.05) is 5.57 Å². The summed E-state index contributed by atoms with van der Waals surface area (Å²) in [4.78, 5) is 0. The van der Waals surface area contributed by atoms with Crippen molar-refractivity contribution < 1.29 is 0 Å². The maximum absolute atomic E-state index is 2.58. The van der Waals surface area contributed by atoms with Gasteiger partial charge in [-0.15, -0.1) is 0 Å². The molecule has 0 aromatic heterocycles. The Bertz CT molecular complexity index is 542. The van der Waals surface area contributed by atoms with Gasteiger partial charge in [-0.2, -0.15) is 0 Å². The molecule has 0 saturated heterocycles. The van der Waals surface area contributed by atoms with E-state index in [9.17, 15) is 0 Å². The molecule has 118 valence electrons. The monoisotopic (exact) mass is 294 g/mol. The summed E-state index contributed by atoms with van der Waals surface area (Å²) < 4.78 is 0. The van der Waals surface area contributed by atoms with Crippen LogP contribution < -0.4 is 0 Å². The fourth-order valence-electron chi connectivity index (χ4n) is 9.03. The molecule has 0 aromatic rings. The molecule has 4 atom stereocenters. The van der Waals surface area contributed by atoms with E-state index in [4.69, 9.17) is 0 Å². The number of hydrogen-bond acceptors (Lipinski definition) is 0. The molecule has 0 spiro atoms. The highest BCUT2D eigenvalue weighted by Crippen LogP contribution is 2.69. The van der Waals surface area contributed by atoms with Crippen molar-refractivity contribution in [2.24, 2.45) is 46.8 Å². The zero-order valence-electron chi connectivity index (χ0n) is 14.1. The number of allylic oxidation sites excluding steroid dienone is 4. The Balaban J connectivity index is 1.37. The molecule has 0 N–H and O–H groups in total. The Morgan fingerprint density at radius 2 is 1.64 bits per heavy atom. The molecule has 0 amide bonds. The van der Waals surface area contributed by atoms with Gasteiger partial charge in [0.05, 0.1) is 0 Å². The Labute approximate surface area is 135 Å². The normalized spacial score (nSPS) is 57.8. The van der Waals surface area contributed by atoms with Crippen LogP contribution >= 0.6 is 0 Å². The van der Waals surface area contributed by atoms with E-state index >= 15 is 0 Å². The van der Waals surface area contributed by atoms with Gasteiger partial charge in [0.25, 0.3) is 0 Å². The van der Waals surface area contributed by atoms with Crippen molar-refractivity contribution in [3.63, 3.8) is 0 Å². The van der Waals surface area contributed by atoms with Crippen LogP contribution in [-0.2, 0) is 0 Å². The van der Waals surface area contributed by atoms with Gasteiger partial charge in [-0.3, -0.25) is 0 Å². The van der Waals surface area contributed by atoms with Crippen LogP contribution in [0.3, 0.4) is 0 Å². The molecule has 7 aliphatic rings. The minimum absolute atomic E-state index is 0.798. The van der Waals surface area contributed by atoms with Crippen LogP contribution in [-0.4, -0.2) is 0 Å². The van der Waals surface area contributed by atoms with E-state index in [1.54, 1.807) is 50.5 Å². The quantitative estimate of drug-likeness (QED) is 0.577. The topological polar surface area (TPSA) is 0 Å². The van der Waals surface area contributed by atoms with Gasteiger partial charge in [-0.05, 0) is 110 Å². The van der Waals surface area contributed by atoms with Crippen LogP contribution in [0.2, 0.25) is 0 Å². The van der Waals surface area contributed by atoms with E-state index < -0.39 is 0 Å². The summed E-state index contributed by atoms with van der Waals surface area (Å²) in [6.07, 6.45) is 19.0. The lowest BCUT2D eigenvalue weighted by atomic mass is 9.45. The zero-order chi connectivity index (χ0) is 14.5. The second-order valence-electron chi connectivity index (χ2n) is 10.0. The second-order valence-corrected chi connectivity index (χ2v) is 10.0. The molecule has 5 saturated carbocycles. The van der Waals surface area contributed by atoms with Crippen molar-refractivity contribution in [3.05, 3.63) is 23.3 Å². The first-order chi connectivity index (χ1) is 10.7. The number of rotatable bonds is 1. The first kappa shape index (κ1) is 12.8. The highest BCUT2D eigenvalue weighted by Gasteiger charge is 2.60. The summed E-state index contributed by atoms with van der Waals surface area (Å²) in [5.41, 5.74) is 4.46. The van der Waals surface area contributed by atoms with Crippen LogP contribution in [0.1, 0.15) is 64.7 Å². The molecule has 0 aromatic carbocycles. The predicted octanol–water partition coefficient (Wildman–Crippen LogP) is 5.75. The Kier molecular flexibility index (Phi) is 2.40. The molecule has 5 fully saturated rings. The minimum Gasteiger partial charge on any atom is -0.0802 e. The molecule has 0 nitrogen and oxygen atoms in total. The summed E-state index contributed by atoms with van der Waals surface area (Å²) in [6, 6.07) is 0. The molecule has 0 heterocycles. The van der Waals surface area contributed by atoms with Gasteiger partial charge in [-0.1, -0.05) is 24.6 Å². The van der Waals surface area contributed by atoms with Crippen molar-refractivity contribution in [1.29, 1.82) is 0 Å².